The third kappa shape index (κ3) is 2.16. The number of hydrogen-bond donors (Lipinski definition) is 1. The zero-order valence-electron chi connectivity index (χ0n) is 10.1. The van der Waals surface area contributed by atoms with E-state index in [2.05, 4.69) is 23.4 Å². The normalized spacial score (nSPS) is 10.9. The van der Waals surface area contributed by atoms with Gasteiger partial charge in [-0.05, 0) is 24.6 Å². The highest BCUT2D eigenvalue weighted by atomic mass is 16.4. The number of nitrogens with zero attached hydrogens (tertiary/aromatic N) is 2. The zero-order valence-corrected chi connectivity index (χ0v) is 10.1. The summed E-state index contributed by atoms with van der Waals surface area (Å²) in [5, 5.41) is 8.77. The molecule has 0 saturated carbocycles. The van der Waals surface area contributed by atoms with E-state index in [9.17, 15) is 4.79 Å². The minimum Gasteiger partial charge on any atom is -0.481 e. The second-order valence-corrected chi connectivity index (χ2v) is 4.02. The minimum atomic E-state index is -0.810. The number of carboxylic acid groups (broad SMARTS) is 1. The molecular formula is C13H16N2O2. The Balaban J connectivity index is 2.51. The van der Waals surface area contributed by atoms with Crippen molar-refractivity contribution in [2.45, 2.75) is 33.2 Å². The first-order valence-electron chi connectivity index (χ1n) is 5.85. The van der Waals surface area contributed by atoms with E-state index >= 15 is 0 Å². The van der Waals surface area contributed by atoms with E-state index in [4.69, 9.17) is 5.11 Å². The highest BCUT2D eigenvalue weighted by Crippen LogP contribution is 2.18. The molecule has 2 rings (SSSR count). The van der Waals surface area contributed by atoms with Crippen LogP contribution in [0.15, 0.2) is 18.2 Å². The summed E-state index contributed by atoms with van der Waals surface area (Å²) in [4.78, 5) is 15.2. The fourth-order valence-corrected chi connectivity index (χ4v) is 2.13. The average Bonchev–Trinajstić information content (AvgIpc) is 2.64. The van der Waals surface area contributed by atoms with Crippen molar-refractivity contribution in [1.29, 1.82) is 0 Å². The molecule has 17 heavy (non-hydrogen) atoms. The molecule has 0 aliphatic carbocycles. The number of hydrogen-bond acceptors (Lipinski definition) is 2. The number of benzene rings is 1. The molecule has 2 aromatic rings. The van der Waals surface area contributed by atoms with Gasteiger partial charge in [-0.25, -0.2) is 4.98 Å². The van der Waals surface area contributed by atoms with Crippen LogP contribution in [0, 0.1) is 0 Å². The molecule has 4 nitrogen and oxygen atoms in total. The second kappa shape index (κ2) is 4.57. The molecule has 0 spiro atoms. The molecule has 0 aliphatic rings. The van der Waals surface area contributed by atoms with Gasteiger partial charge in [0.2, 0.25) is 0 Å². The van der Waals surface area contributed by atoms with E-state index in [0.717, 1.165) is 35.4 Å². The summed E-state index contributed by atoms with van der Waals surface area (Å²) in [6.45, 7) is 5.05. The van der Waals surface area contributed by atoms with Gasteiger partial charge in [0.25, 0.3) is 0 Å². The van der Waals surface area contributed by atoms with Crippen molar-refractivity contribution in [3.05, 3.63) is 29.6 Å². The Morgan fingerprint density at radius 3 is 2.76 bits per heavy atom. The third-order valence-electron chi connectivity index (χ3n) is 2.88. The Kier molecular flexibility index (Phi) is 3.13. The summed E-state index contributed by atoms with van der Waals surface area (Å²) in [5.41, 5.74) is 2.77. The molecule has 90 valence electrons. The lowest BCUT2D eigenvalue weighted by molar-refractivity contribution is -0.136. The number of carboxylic acids is 1. The minimum absolute atomic E-state index is 0.0520. The van der Waals surface area contributed by atoms with Crippen molar-refractivity contribution >= 4 is 17.0 Å². The lowest BCUT2D eigenvalue weighted by atomic mass is 10.1. The summed E-state index contributed by atoms with van der Waals surface area (Å²) in [5.74, 6) is 0.241. The first kappa shape index (κ1) is 11.6. The maximum Gasteiger partial charge on any atom is 0.307 e. The van der Waals surface area contributed by atoms with Crippen LogP contribution in [-0.2, 0) is 24.2 Å². The van der Waals surface area contributed by atoms with E-state index < -0.39 is 5.97 Å². The quantitative estimate of drug-likeness (QED) is 0.879. The van der Waals surface area contributed by atoms with Gasteiger partial charge in [0.1, 0.15) is 5.82 Å². The fraction of sp³-hybridized carbons (Fsp3) is 0.385. The van der Waals surface area contributed by atoms with E-state index in [1.54, 1.807) is 0 Å². The molecule has 1 aromatic carbocycles. The van der Waals surface area contributed by atoms with Gasteiger partial charge in [0.15, 0.2) is 0 Å². The molecule has 1 aromatic heterocycles. The molecule has 0 radical (unpaired) electrons. The number of aromatic nitrogens is 2. The first-order valence-corrected chi connectivity index (χ1v) is 5.85. The Morgan fingerprint density at radius 2 is 2.18 bits per heavy atom. The van der Waals surface area contributed by atoms with Crippen LogP contribution in [0.3, 0.4) is 0 Å². The molecule has 1 heterocycles. The summed E-state index contributed by atoms with van der Waals surface area (Å²) in [6, 6.07) is 5.70. The molecule has 0 unspecified atom stereocenters. The molecule has 1 N–H and O–H groups in total. The first-order chi connectivity index (χ1) is 8.15. The van der Waals surface area contributed by atoms with Crippen LogP contribution in [0.4, 0.5) is 0 Å². The second-order valence-electron chi connectivity index (χ2n) is 4.02. The van der Waals surface area contributed by atoms with Crippen LogP contribution < -0.4 is 0 Å². The topological polar surface area (TPSA) is 55.1 Å². The van der Waals surface area contributed by atoms with Crippen molar-refractivity contribution < 1.29 is 9.90 Å². The van der Waals surface area contributed by atoms with Gasteiger partial charge in [0, 0.05) is 13.0 Å². The van der Waals surface area contributed by atoms with Crippen LogP contribution in [-0.4, -0.2) is 20.6 Å². The molecule has 4 heteroatoms. The van der Waals surface area contributed by atoms with Crippen molar-refractivity contribution in [1.82, 2.24) is 9.55 Å². The van der Waals surface area contributed by atoms with Gasteiger partial charge in [-0.2, -0.15) is 0 Å². The summed E-state index contributed by atoms with van der Waals surface area (Å²) in [7, 11) is 0. The molecule has 0 bridgehead atoms. The summed E-state index contributed by atoms with van der Waals surface area (Å²) < 4.78 is 2.17. The van der Waals surface area contributed by atoms with Crippen LogP contribution >= 0.6 is 0 Å². The predicted octanol–water partition coefficient (Wildman–Crippen LogP) is 2.25. The summed E-state index contributed by atoms with van der Waals surface area (Å²) in [6.07, 6.45) is 0.938. The summed E-state index contributed by atoms with van der Waals surface area (Å²) >= 11 is 0. The smallest absolute Gasteiger partial charge is 0.307 e. The Bertz CT molecular complexity index is 558. The standard InChI is InChI=1S/C13H16N2O2/c1-3-12-14-10-7-9(8-13(16)17)5-6-11(10)15(12)4-2/h5-7H,3-4,8H2,1-2H3,(H,16,17). The maximum absolute atomic E-state index is 10.7. The number of rotatable bonds is 4. The van der Waals surface area contributed by atoms with Crippen molar-refractivity contribution in [2.24, 2.45) is 0 Å². The lowest BCUT2D eigenvalue weighted by Gasteiger charge is -2.03. The van der Waals surface area contributed by atoms with Gasteiger partial charge in [0.05, 0.1) is 17.5 Å². The molecule has 0 fully saturated rings. The molecular weight excluding hydrogens is 216 g/mol. The van der Waals surface area contributed by atoms with Crippen LogP contribution in [0.1, 0.15) is 25.2 Å². The van der Waals surface area contributed by atoms with Crippen molar-refractivity contribution in [3.8, 4) is 0 Å². The Hall–Kier alpha value is -1.84. The third-order valence-corrected chi connectivity index (χ3v) is 2.88. The molecule has 0 saturated heterocycles. The molecule has 0 atom stereocenters. The van der Waals surface area contributed by atoms with E-state index in [1.165, 1.54) is 0 Å². The number of aryl methyl sites for hydroxylation is 2. The van der Waals surface area contributed by atoms with Crippen LogP contribution in [0.2, 0.25) is 0 Å². The van der Waals surface area contributed by atoms with Crippen molar-refractivity contribution in [3.63, 3.8) is 0 Å². The number of carbonyl (C=O) groups is 1. The maximum atomic E-state index is 10.7. The van der Waals surface area contributed by atoms with Crippen LogP contribution in [0.5, 0.6) is 0 Å². The highest BCUT2D eigenvalue weighted by molar-refractivity contribution is 5.79. The van der Waals surface area contributed by atoms with Gasteiger partial charge in [-0.15, -0.1) is 0 Å². The van der Waals surface area contributed by atoms with Gasteiger partial charge in [-0.3, -0.25) is 4.79 Å². The average molecular weight is 232 g/mol. The predicted molar refractivity (Wildman–Crippen MR) is 66.1 cm³/mol. The highest BCUT2D eigenvalue weighted by Gasteiger charge is 2.09. The number of imidazole rings is 1. The van der Waals surface area contributed by atoms with E-state index in [0.29, 0.717) is 0 Å². The number of fused-ring (bicyclic) bond motifs is 1. The van der Waals surface area contributed by atoms with E-state index in [1.807, 2.05) is 18.2 Å². The Labute approximate surface area is 99.9 Å². The van der Waals surface area contributed by atoms with Crippen molar-refractivity contribution in [2.75, 3.05) is 0 Å². The lowest BCUT2D eigenvalue weighted by Crippen LogP contribution is -2.00. The SMILES string of the molecule is CCc1nc2cc(CC(=O)O)ccc2n1CC. The Morgan fingerprint density at radius 1 is 1.41 bits per heavy atom. The van der Waals surface area contributed by atoms with Crippen LogP contribution in [0.25, 0.3) is 11.0 Å². The van der Waals surface area contributed by atoms with Gasteiger partial charge < -0.3 is 9.67 Å². The van der Waals surface area contributed by atoms with E-state index in [-0.39, 0.29) is 6.42 Å². The largest absolute Gasteiger partial charge is 0.481 e. The number of aliphatic carboxylic acids is 1. The molecule has 0 amide bonds. The van der Waals surface area contributed by atoms with Gasteiger partial charge >= 0.3 is 5.97 Å². The van der Waals surface area contributed by atoms with Gasteiger partial charge in [-0.1, -0.05) is 13.0 Å². The zero-order chi connectivity index (χ0) is 12.4. The fourth-order valence-electron chi connectivity index (χ4n) is 2.13. The molecule has 0 aliphatic heterocycles. The monoisotopic (exact) mass is 232 g/mol.